The van der Waals surface area contributed by atoms with Crippen LogP contribution in [0.1, 0.15) is 29.2 Å². The molecule has 1 fully saturated rings. The first-order valence-corrected chi connectivity index (χ1v) is 13.4. The van der Waals surface area contributed by atoms with Crippen LogP contribution >= 0.6 is 23.2 Å². The number of halogens is 2. The summed E-state index contributed by atoms with van der Waals surface area (Å²) in [4.78, 5) is 26.9. The summed E-state index contributed by atoms with van der Waals surface area (Å²) in [6, 6.07) is 16.9. The van der Waals surface area contributed by atoms with Crippen molar-refractivity contribution < 1.29 is 4.79 Å². The van der Waals surface area contributed by atoms with E-state index in [4.69, 9.17) is 28.9 Å². The predicted octanol–water partition coefficient (Wildman–Crippen LogP) is 6.37. The van der Waals surface area contributed by atoms with Crippen molar-refractivity contribution in [2.45, 2.75) is 18.9 Å². The van der Waals surface area contributed by atoms with Gasteiger partial charge in [-0.2, -0.15) is 5.10 Å². The number of imidazole rings is 1. The maximum atomic E-state index is 12.8. The molecular weight excluding hydrogens is 533 g/mol. The Morgan fingerprint density at radius 3 is 2.41 bits per heavy atom. The Balaban J connectivity index is 1.19. The Bertz CT molecular complexity index is 1620. The molecule has 4 heterocycles. The second-order valence-electron chi connectivity index (χ2n) is 9.50. The summed E-state index contributed by atoms with van der Waals surface area (Å²) >= 11 is 12.8. The average Bonchev–Trinajstić information content (AvgIpc) is 3.64. The molecule has 1 aliphatic rings. The number of nitrogen functional groups attached to an aromatic ring is 1. The molecule has 5 aromatic rings. The van der Waals surface area contributed by atoms with Crippen molar-refractivity contribution in [1.82, 2.24) is 29.6 Å². The normalized spacial score (nSPS) is 14.1. The van der Waals surface area contributed by atoms with Gasteiger partial charge >= 0.3 is 0 Å². The standard InChI is InChI=1S/C29H25Cl2N7O/c30-23-7-4-8-24(31)26(23)25-16-34-28(36-25)22-13-19(14-33-27(22)32)20-15-35-38(17-20)21-9-11-37(12-10-21)29(39)18-5-2-1-3-6-18/h1-8,13-17,21H,9-12H2,(H2,32,33)(H,34,36). The van der Waals surface area contributed by atoms with Crippen LogP contribution in [0.15, 0.2) is 79.4 Å². The highest BCUT2D eigenvalue weighted by molar-refractivity contribution is 6.39. The van der Waals surface area contributed by atoms with Gasteiger partial charge in [-0.05, 0) is 43.2 Å². The summed E-state index contributed by atoms with van der Waals surface area (Å²) in [7, 11) is 0. The van der Waals surface area contributed by atoms with E-state index >= 15 is 0 Å². The van der Waals surface area contributed by atoms with Crippen LogP contribution in [0.4, 0.5) is 5.82 Å². The second-order valence-corrected chi connectivity index (χ2v) is 10.3. The van der Waals surface area contributed by atoms with Gasteiger partial charge in [-0.15, -0.1) is 0 Å². The molecule has 39 heavy (non-hydrogen) atoms. The molecule has 3 aromatic heterocycles. The molecular formula is C29H25Cl2N7O. The van der Waals surface area contributed by atoms with E-state index in [0.29, 0.717) is 51.6 Å². The SMILES string of the molecule is Nc1ncc(-c2cnn(C3CCN(C(=O)c4ccccc4)CC3)c2)cc1-c1ncc(-c2c(Cl)cccc2Cl)[nH]1. The minimum atomic E-state index is 0.0774. The maximum Gasteiger partial charge on any atom is 0.253 e. The molecule has 0 aliphatic carbocycles. The highest BCUT2D eigenvalue weighted by Gasteiger charge is 2.25. The number of hydrogen-bond donors (Lipinski definition) is 2. The number of H-pyrrole nitrogens is 1. The van der Waals surface area contributed by atoms with E-state index in [1.165, 1.54) is 0 Å². The van der Waals surface area contributed by atoms with Gasteiger partial charge in [-0.3, -0.25) is 9.48 Å². The quantitative estimate of drug-likeness (QED) is 0.261. The van der Waals surface area contributed by atoms with E-state index in [2.05, 4.69) is 20.1 Å². The lowest BCUT2D eigenvalue weighted by Crippen LogP contribution is -2.39. The van der Waals surface area contributed by atoms with Crippen LogP contribution in [-0.2, 0) is 0 Å². The lowest BCUT2D eigenvalue weighted by Gasteiger charge is -2.32. The molecule has 0 unspecified atom stereocenters. The number of hydrogen-bond acceptors (Lipinski definition) is 5. The zero-order chi connectivity index (χ0) is 26.9. The molecule has 0 saturated carbocycles. The molecule has 3 N–H and O–H groups in total. The Kier molecular flexibility index (Phi) is 6.81. The number of aromatic amines is 1. The zero-order valence-electron chi connectivity index (χ0n) is 20.9. The number of nitrogens with one attached hydrogen (secondary N) is 1. The Morgan fingerprint density at radius 2 is 1.67 bits per heavy atom. The molecule has 0 spiro atoms. The Hall–Kier alpha value is -4.14. The first-order valence-electron chi connectivity index (χ1n) is 12.6. The van der Waals surface area contributed by atoms with Gasteiger partial charge in [0.05, 0.1) is 39.7 Å². The van der Waals surface area contributed by atoms with Gasteiger partial charge in [0.25, 0.3) is 5.91 Å². The number of aromatic nitrogens is 5. The molecule has 1 amide bonds. The van der Waals surface area contributed by atoms with E-state index in [1.54, 1.807) is 30.6 Å². The van der Waals surface area contributed by atoms with Gasteiger partial charge in [0.15, 0.2) is 0 Å². The Labute approximate surface area is 235 Å². The maximum absolute atomic E-state index is 12.8. The van der Waals surface area contributed by atoms with Crippen LogP contribution in [0.3, 0.4) is 0 Å². The van der Waals surface area contributed by atoms with Crippen LogP contribution < -0.4 is 5.73 Å². The number of carbonyl (C=O) groups excluding carboxylic acids is 1. The third-order valence-corrected chi connectivity index (χ3v) is 7.69. The number of pyridine rings is 1. The van der Waals surface area contributed by atoms with Crippen molar-refractivity contribution in [2.75, 3.05) is 18.8 Å². The van der Waals surface area contributed by atoms with Gasteiger partial charge in [0, 0.05) is 47.7 Å². The van der Waals surface area contributed by atoms with E-state index in [9.17, 15) is 4.79 Å². The number of amides is 1. The largest absolute Gasteiger partial charge is 0.383 e. The lowest BCUT2D eigenvalue weighted by atomic mass is 10.0. The van der Waals surface area contributed by atoms with Crippen LogP contribution in [-0.4, -0.2) is 48.6 Å². The van der Waals surface area contributed by atoms with Crippen molar-refractivity contribution in [2.24, 2.45) is 0 Å². The summed E-state index contributed by atoms with van der Waals surface area (Å²) in [6.07, 6.45) is 8.94. The summed E-state index contributed by atoms with van der Waals surface area (Å²) in [6.45, 7) is 1.38. The van der Waals surface area contributed by atoms with E-state index in [-0.39, 0.29) is 11.9 Å². The summed E-state index contributed by atoms with van der Waals surface area (Å²) in [5.41, 5.74) is 10.8. The van der Waals surface area contributed by atoms with Crippen LogP contribution in [0.5, 0.6) is 0 Å². The van der Waals surface area contributed by atoms with Gasteiger partial charge in [-0.1, -0.05) is 47.5 Å². The predicted molar refractivity (Wildman–Crippen MR) is 154 cm³/mol. The highest BCUT2D eigenvalue weighted by Crippen LogP contribution is 2.36. The third-order valence-electron chi connectivity index (χ3n) is 7.06. The number of anilines is 1. The Morgan fingerprint density at radius 1 is 0.923 bits per heavy atom. The second kappa shape index (κ2) is 10.6. The van der Waals surface area contributed by atoms with Crippen LogP contribution in [0, 0.1) is 0 Å². The molecule has 10 heteroatoms. The molecule has 0 bridgehead atoms. The number of likely N-dealkylation sites (tertiary alicyclic amines) is 1. The number of rotatable bonds is 5. The molecule has 2 aromatic carbocycles. The van der Waals surface area contributed by atoms with Gasteiger partial charge in [0.1, 0.15) is 11.6 Å². The van der Waals surface area contributed by atoms with Crippen molar-refractivity contribution in [3.63, 3.8) is 0 Å². The molecule has 196 valence electrons. The fourth-order valence-corrected chi connectivity index (χ4v) is 5.55. The monoisotopic (exact) mass is 557 g/mol. The topological polar surface area (TPSA) is 106 Å². The smallest absolute Gasteiger partial charge is 0.253 e. The molecule has 0 radical (unpaired) electrons. The van der Waals surface area contributed by atoms with Gasteiger partial charge in [-0.25, -0.2) is 9.97 Å². The van der Waals surface area contributed by atoms with E-state index < -0.39 is 0 Å². The molecule has 1 aliphatic heterocycles. The van der Waals surface area contributed by atoms with Crippen molar-refractivity contribution >= 4 is 34.9 Å². The third kappa shape index (κ3) is 5.01. The molecule has 0 atom stereocenters. The van der Waals surface area contributed by atoms with Crippen LogP contribution in [0.2, 0.25) is 10.0 Å². The van der Waals surface area contributed by atoms with Crippen LogP contribution in [0.25, 0.3) is 33.8 Å². The van der Waals surface area contributed by atoms with Crippen molar-refractivity contribution in [3.8, 4) is 33.8 Å². The lowest BCUT2D eigenvalue weighted by molar-refractivity contribution is 0.0690. The highest BCUT2D eigenvalue weighted by atomic mass is 35.5. The molecule has 1 saturated heterocycles. The summed E-state index contributed by atoms with van der Waals surface area (Å²) < 4.78 is 1.99. The number of benzene rings is 2. The number of piperidine rings is 1. The first kappa shape index (κ1) is 25.2. The van der Waals surface area contributed by atoms with Crippen molar-refractivity contribution in [1.29, 1.82) is 0 Å². The summed E-state index contributed by atoms with van der Waals surface area (Å²) in [5, 5.41) is 5.69. The first-order chi connectivity index (χ1) is 19.0. The summed E-state index contributed by atoms with van der Waals surface area (Å²) in [5.74, 6) is 0.997. The zero-order valence-corrected chi connectivity index (χ0v) is 22.4. The number of nitrogens with two attached hydrogens (primary N) is 1. The minimum Gasteiger partial charge on any atom is -0.383 e. The average molecular weight is 558 g/mol. The number of carbonyl (C=O) groups is 1. The van der Waals surface area contributed by atoms with Gasteiger partial charge < -0.3 is 15.6 Å². The molecule has 6 rings (SSSR count). The van der Waals surface area contributed by atoms with Gasteiger partial charge in [0.2, 0.25) is 0 Å². The fraction of sp³-hybridized carbons (Fsp3) is 0.172. The van der Waals surface area contributed by atoms with E-state index in [1.807, 2.05) is 58.4 Å². The van der Waals surface area contributed by atoms with E-state index in [0.717, 1.165) is 29.5 Å². The fourth-order valence-electron chi connectivity index (χ4n) is 4.95. The van der Waals surface area contributed by atoms with Crippen molar-refractivity contribution in [3.05, 3.63) is 95.0 Å². The molecule has 8 nitrogen and oxygen atoms in total. The minimum absolute atomic E-state index is 0.0774. The number of nitrogens with zero attached hydrogens (tertiary/aromatic N) is 5.